The van der Waals surface area contributed by atoms with Gasteiger partial charge in [0.25, 0.3) is 0 Å². The van der Waals surface area contributed by atoms with Crippen molar-refractivity contribution in [2.75, 3.05) is 6.61 Å². The van der Waals surface area contributed by atoms with Crippen molar-refractivity contribution < 1.29 is 23.1 Å². The monoisotopic (exact) mass is 509 g/mol. The number of carbonyl (C=O) groups is 1. The summed E-state index contributed by atoms with van der Waals surface area (Å²) in [5.74, 6) is -1.72. The van der Waals surface area contributed by atoms with Gasteiger partial charge in [0.1, 0.15) is 5.75 Å². The SMILES string of the molecule is CCCCOC(=O)C1=C(C)NC(C)=C(S(=O)(=O)c2ccc(O)cc2)C1c1cccc(Cl)c1Cl. The first-order valence-corrected chi connectivity index (χ1v) is 12.7. The van der Waals surface area contributed by atoms with E-state index in [2.05, 4.69) is 5.32 Å². The molecular weight excluding hydrogens is 485 g/mol. The molecular formula is C24H25Cl2NO5S. The van der Waals surface area contributed by atoms with Crippen molar-refractivity contribution in [3.05, 3.63) is 79.9 Å². The van der Waals surface area contributed by atoms with Gasteiger partial charge in [0.15, 0.2) is 0 Å². The quantitative estimate of drug-likeness (QED) is 0.366. The van der Waals surface area contributed by atoms with E-state index in [1.807, 2.05) is 6.92 Å². The molecule has 2 aromatic carbocycles. The molecule has 1 aliphatic rings. The molecule has 2 aromatic rings. The number of phenols is 1. The zero-order valence-corrected chi connectivity index (χ0v) is 20.8. The van der Waals surface area contributed by atoms with Crippen molar-refractivity contribution in [2.45, 2.75) is 44.4 Å². The van der Waals surface area contributed by atoms with Gasteiger partial charge in [-0.05, 0) is 56.2 Å². The lowest BCUT2D eigenvalue weighted by atomic mass is 9.86. The number of hydrogen-bond acceptors (Lipinski definition) is 6. The standard InChI is InChI=1S/C24H25Cl2NO5S/c1-4-5-13-32-24(29)20-14(2)27-15(3)23(21(20)18-7-6-8-19(25)22(18)26)33(30,31)17-11-9-16(28)10-12-17/h6-12,21,27-28H,4-5,13H2,1-3H3. The number of nitrogens with one attached hydrogen (secondary N) is 1. The van der Waals surface area contributed by atoms with Crippen LogP contribution in [-0.4, -0.2) is 26.1 Å². The van der Waals surface area contributed by atoms with Crippen LogP contribution in [0.2, 0.25) is 10.0 Å². The molecule has 0 spiro atoms. The van der Waals surface area contributed by atoms with Gasteiger partial charge >= 0.3 is 5.97 Å². The fourth-order valence-corrected chi connectivity index (χ4v) is 5.96. The van der Waals surface area contributed by atoms with Crippen molar-refractivity contribution >= 4 is 39.0 Å². The maximum absolute atomic E-state index is 13.8. The van der Waals surface area contributed by atoms with E-state index in [-0.39, 0.29) is 37.8 Å². The van der Waals surface area contributed by atoms with Gasteiger partial charge in [-0.3, -0.25) is 0 Å². The number of benzene rings is 2. The number of dihydropyridines is 1. The van der Waals surface area contributed by atoms with E-state index in [1.165, 1.54) is 24.3 Å². The molecule has 0 amide bonds. The molecule has 0 aromatic heterocycles. The number of halogens is 2. The molecule has 0 fully saturated rings. The first kappa shape index (κ1) is 25.1. The smallest absolute Gasteiger partial charge is 0.336 e. The lowest BCUT2D eigenvalue weighted by Crippen LogP contribution is -2.32. The summed E-state index contributed by atoms with van der Waals surface area (Å²) in [6.07, 6.45) is 1.52. The summed E-state index contributed by atoms with van der Waals surface area (Å²) in [5, 5.41) is 13.0. The molecule has 0 saturated carbocycles. The van der Waals surface area contributed by atoms with Crippen LogP contribution >= 0.6 is 23.2 Å². The molecule has 1 atom stereocenters. The van der Waals surface area contributed by atoms with Gasteiger partial charge in [-0.25, -0.2) is 13.2 Å². The molecule has 0 saturated heterocycles. The number of sulfone groups is 1. The topological polar surface area (TPSA) is 92.7 Å². The van der Waals surface area contributed by atoms with Crippen LogP contribution in [0.25, 0.3) is 0 Å². The van der Waals surface area contributed by atoms with Crippen LogP contribution in [0.5, 0.6) is 5.75 Å². The summed E-state index contributed by atoms with van der Waals surface area (Å²) in [5.41, 5.74) is 1.36. The third-order valence-corrected chi connectivity index (χ3v) is 8.23. The largest absolute Gasteiger partial charge is 0.508 e. The highest BCUT2D eigenvalue weighted by atomic mass is 35.5. The van der Waals surface area contributed by atoms with Crippen LogP contribution in [0.3, 0.4) is 0 Å². The number of carbonyl (C=O) groups excluding carboxylic acids is 1. The van der Waals surface area contributed by atoms with Gasteiger partial charge in [0.05, 0.1) is 37.9 Å². The second-order valence-electron chi connectivity index (χ2n) is 7.72. The molecule has 176 valence electrons. The molecule has 6 nitrogen and oxygen atoms in total. The Hall–Kier alpha value is -2.48. The third-order valence-electron chi connectivity index (χ3n) is 5.38. The molecule has 0 bridgehead atoms. The minimum atomic E-state index is -4.11. The van der Waals surface area contributed by atoms with Crippen LogP contribution in [0.4, 0.5) is 0 Å². The summed E-state index contributed by atoms with van der Waals surface area (Å²) in [4.78, 5) is 13.1. The normalized spacial score (nSPS) is 16.6. The highest BCUT2D eigenvalue weighted by Crippen LogP contribution is 2.46. The van der Waals surface area contributed by atoms with Gasteiger partial charge in [-0.2, -0.15) is 0 Å². The molecule has 2 N–H and O–H groups in total. The van der Waals surface area contributed by atoms with Gasteiger partial charge < -0.3 is 15.2 Å². The minimum absolute atomic E-state index is 0.0298. The van der Waals surface area contributed by atoms with Crippen LogP contribution in [0.15, 0.2) is 69.2 Å². The van der Waals surface area contributed by atoms with Crippen LogP contribution < -0.4 is 5.32 Å². The highest BCUT2D eigenvalue weighted by molar-refractivity contribution is 7.95. The number of allylic oxidation sites excluding steroid dienone is 3. The van der Waals surface area contributed by atoms with Crippen LogP contribution in [-0.2, 0) is 19.4 Å². The fourth-order valence-electron chi connectivity index (χ4n) is 3.78. The van der Waals surface area contributed by atoms with Crippen molar-refractivity contribution in [2.24, 2.45) is 0 Å². The summed E-state index contributed by atoms with van der Waals surface area (Å²) < 4.78 is 33.1. The first-order chi connectivity index (χ1) is 15.6. The van der Waals surface area contributed by atoms with Crippen molar-refractivity contribution in [1.29, 1.82) is 0 Å². The summed E-state index contributed by atoms with van der Waals surface area (Å²) in [7, 11) is -4.11. The van der Waals surface area contributed by atoms with Crippen molar-refractivity contribution in [1.82, 2.24) is 5.32 Å². The van der Waals surface area contributed by atoms with Crippen LogP contribution in [0, 0.1) is 0 Å². The van der Waals surface area contributed by atoms with E-state index in [9.17, 15) is 18.3 Å². The Morgan fingerprint density at radius 3 is 2.39 bits per heavy atom. The molecule has 33 heavy (non-hydrogen) atoms. The number of phenolic OH excluding ortho intramolecular Hbond substituents is 1. The van der Waals surface area contributed by atoms with Crippen molar-refractivity contribution in [3.8, 4) is 5.75 Å². The lowest BCUT2D eigenvalue weighted by molar-refractivity contribution is -0.139. The average molecular weight is 510 g/mol. The van der Waals surface area contributed by atoms with E-state index < -0.39 is 21.7 Å². The Balaban J connectivity index is 2.24. The molecule has 1 aliphatic heterocycles. The lowest BCUT2D eigenvalue weighted by Gasteiger charge is -2.32. The number of unbranched alkanes of at least 4 members (excludes halogenated alkanes) is 1. The highest BCUT2D eigenvalue weighted by Gasteiger charge is 2.41. The van der Waals surface area contributed by atoms with Crippen LogP contribution in [0.1, 0.15) is 45.1 Å². The minimum Gasteiger partial charge on any atom is -0.508 e. The number of aromatic hydroxyl groups is 1. The van der Waals surface area contributed by atoms with Crippen molar-refractivity contribution in [3.63, 3.8) is 0 Å². The van der Waals surface area contributed by atoms with Gasteiger partial charge in [0.2, 0.25) is 9.84 Å². The predicted molar refractivity (Wildman–Crippen MR) is 129 cm³/mol. The second-order valence-corrected chi connectivity index (χ2v) is 10.4. The predicted octanol–water partition coefficient (Wildman–Crippen LogP) is 5.71. The maximum Gasteiger partial charge on any atom is 0.336 e. The number of esters is 1. The molecule has 0 radical (unpaired) electrons. The maximum atomic E-state index is 13.8. The second kappa shape index (κ2) is 10.2. The number of ether oxygens (including phenoxy) is 1. The van der Waals surface area contributed by atoms with Gasteiger partial charge in [-0.1, -0.05) is 48.7 Å². The number of hydrogen-bond donors (Lipinski definition) is 2. The molecule has 0 aliphatic carbocycles. The Labute approximate surface area is 203 Å². The molecule has 1 unspecified atom stereocenters. The van der Waals surface area contributed by atoms with E-state index in [4.69, 9.17) is 27.9 Å². The van der Waals surface area contributed by atoms with Gasteiger partial charge in [0, 0.05) is 11.4 Å². The number of rotatable bonds is 7. The van der Waals surface area contributed by atoms with E-state index in [1.54, 1.807) is 32.0 Å². The zero-order valence-electron chi connectivity index (χ0n) is 18.5. The summed E-state index contributed by atoms with van der Waals surface area (Å²) in [6.45, 7) is 5.51. The van der Waals surface area contributed by atoms with E-state index >= 15 is 0 Å². The fraction of sp³-hybridized carbons (Fsp3) is 0.292. The Kier molecular flexibility index (Phi) is 7.77. The molecule has 1 heterocycles. The molecule has 9 heteroatoms. The third kappa shape index (κ3) is 5.05. The van der Waals surface area contributed by atoms with E-state index in [0.717, 1.165) is 6.42 Å². The summed E-state index contributed by atoms with van der Waals surface area (Å²) in [6, 6.07) is 10.1. The first-order valence-electron chi connectivity index (χ1n) is 10.4. The Bertz CT molecular complexity index is 1230. The zero-order chi connectivity index (χ0) is 24.3. The van der Waals surface area contributed by atoms with Gasteiger partial charge in [-0.15, -0.1) is 0 Å². The Morgan fingerprint density at radius 2 is 1.76 bits per heavy atom. The molecule has 3 rings (SSSR count). The van der Waals surface area contributed by atoms with E-state index in [0.29, 0.717) is 23.4 Å². The Morgan fingerprint density at radius 1 is 1.09 bits per heavy atom. The average Bonchev–Trinajstić information content (AvgIpc) is 2.75. The summed E-state index contributed by atoms with van der Waals surface area (Å²) >= 11 is 12.8.